The van der Waals surface area contributed by atoms with E-state index in [1.54, 1.807) is 11.0 Å². The molecule has 0 bridgehead atoms. The summed E-state index contributed by atoms with van der Waals surface area (Å²) in [6, 6.07) is 15.0. The predicted molar refractivity (Wildman–Crippen MR) is 125 cm³/mol. The maximum Gasteiger partial charge on any atom is 0.286 e. The molecule has 2 aromatic carbocycles. The lowest BCUT2D eigenvalue weighted by atomic mass is 9.97. The molecule has 0 fully saturated rings. The third-order valence-electron chi connectivity index (χ3n) is 5.47. The molecule has 32 heavy (non-hydrogen) atoms. The van der Waals surface area contributed by atoms with Crippen molar-refractivity contribution in [3.63, 3.8) is 0 Å². The van der Waals surface area contributed by atoms with Crippen molar-refractivity contribution in [1.29, 1.82) is 0 Å². The van der Waals surface area contributed by atoms with Gasteiger partial charge in [0.15, 0.2) is 4.34 Å². The fourth-order valence-corrected chi connectivity index (χ4v) is 5.84. The first-order chi connectivity index (χ1) is 15.6. The first-order valence-corrected chi connectivity index (χ1v) is 11.9. The van der Waals surface area contributed by atoms with E-state index in [4.69, 9.17) is 4.74 Å². The minimum absolute atomic E-state index is 0.102. The number of anilines is 2. The van der Waals surface area contributed by atoms with E-state index in [0.29, 0.717) is 22.1 Å². The third kappa shape index (κ3) is 3.16. The zero-order chi connectivity index (χ0) is 22.3. The Bertz CT molecular complexity index is 1230. The van der Waals surface area contributed by atoms with Gasteiger partial charge in [0.2, 0.25) is 5.91 Å². The second-order valence-corrected chi connectivity index (χ2v) is 9.79. The van der Waals surface area contributed by atoms with Crippen molar-refractivity contribution in [3.8, 4) is 0 Å². The normalized spacial score (nSPS) is 19.2. The highest BCUT2D eigenvalue weighted by molar-refractivity contribution is 8.01. The number of nitrogens with zero attached hydrogens (tertiary/aromatic N) is 4. The van der Waals surface area contributed by atoms with Crippen LogP contribution in [-0.2, 0) is 26.7 Å². The van der Waals surface area contributed by atoms with Crippen LogP contribution < -0.4 is 9.80 Å². The van der Waals surface area contributed by atoms with Crippen LogP contribution in [0.2, 0.25) is 0 Å². The van der Waals surface area contributed by atoms with Crippen molar-refractivity contribution in [2.24, 2.45) is 0 Å². The van der Waals surface area contributed by atoms with Gasteiger partial charge in [-0.2, -0.15) is 0 Å². The number of hydrogen-bond acceptors (Lipinski definition) is 7. The largest absolute Gasteiger partial charge is 0.338 e. The van der Waals surface area contributed by atoms with Crippen LogP contribution in [0, 0.1) is 6.92 Å². The number of amides is 2. The van der Waals surface area contributed by atoms with E-state index >= 15 is 0 Å². The van der Waals surface area contributed by atoms with E-state index in [9.17, 15) is 9.59 Å². The summed E-state index contributed by atoms with van der Waals surface area (Å²) >= 11 is 2.74. The van der Waals surface area contributed by atoms with Gasteiger partial charge in [-0.25, -0.2) is 0 Å². The number of fused-ring (bicyclic) bond motifs is 3. The number of ether oxygens (including phenoxy) is 1. The van der Waals surface area contributed by atoms with Crippen LogP contribution in [0.1, 0.15) is 16.1 Å². The fourth-order valence-electron chi connectivity index (χ4n) is 4.17. The van der Waals surface area contributed by atoms with Gasteiger partial charge in [0.05, 0.1) is 23.7 Å². The van der Waals surface area contributed by atoms with Crippen molar-refractivity contribution in [2.75, 3.05) is 22.1 Å². The second-order valence-electron chi connectivity index (χ2n) is 7.39. The zero-order valence-corrected chi connectivity index (χ0v) is 19.0. The van der Waals surface area contributed by atoms with Crippen molar-refractivity contribution in [2.45, 2.75) is 23.6 Å². The molecule has 3 aromatic rings. The van der Waals surface area contributed by atoms with Crippen LogP contribution in [0.4, 0.5) is 11.4 Å². The van der Waals surface area contributed by atoms with Crippen molar-refractivity contribution < 1.29 is 14.3 Å². The van der Waals surface area contributed by atoms with Gasteiger partial charge in [-0.1, -0.05) is 65.6 Å². The molecular weight excluding hydrogens is 444 g/mol. The Morgan fingerprint density at radius 2 is 1.97 bits per heavy atom. The summed E-state index contributed by atoms with van der Waals surface area (Å²) in [6.07, 6.45) is 1.67. The summed E-state index contributed by atoms with van der Waals surface area (Å²) in [6.45, 7) is 6.21. The number of rotatable bonds is 5. The van der Waals surface area contributed by atoms with E-state index in [0.717, 1.165) is 16.3 Å². The molecule has 2 aliphatic rings. The number of thioether (sulfide) groups is 1. The molecule has 5 rings (SSSR count). The summed E-state index contributed by atoms with van der Waals surface area (Å²) in [4.78, 5) is 30.7. The summed E-state index contributed by atoms with van der Waals surface area (Å²) in [5.74, 6) is -0.429. The summed E-state index contributed by atoms with van der Waals surface area (Å²) in [5.41, 5.74) is 1.37. The van der Waals surface area contributed by atoms with Gasteiger partial charge in [0.1, 0.15) is 5.01 Å². The molecule has 9 heteroatoms. The molecule has 0 saturated carbocycles. The van der Waals surface area contributed by atoms with Gasteiger partial charge in [0, 0.05) is 17.7 Å². The lowest BCUT2D eigenvalue weighted by Crippen LogP contribution is -2.60. The van der Waals surface area contributed by atoms with E-state index in [1.807, 2.05) is 55.5 Å². The van der Waals surface area contributed by atoms with Gasteiger partial charge >= 0.3 is 0 Å². The molecule has 162 valence electrons. The highest BCUT2D eigenvalue weighted by Crippen LogP contribution is 2.50. The molecule has 7 nitrogen and oxygen atoms in total. The fraction of sp³-hybridized carbons (Fsp3) is 0.217. The molecule has 2 amide bonds. The van der Waals surface area contributed by atoms with Gasteiger partial charge in [0.25, 0.3) is 11.6 Å². The molecule has 0 unspecified atom stereocenters. The quantitative estimate of drug-likeness (QED) is 0.421. The maximum absolute atomic E-state index is 13.9. The molecule has 1 aromatic heterocycles. The number of aryl methyl sites for hydroxylation is 1. The third-order valence-corrected chi connectivity index (χ3v) is 7.42. The number of para-hydroxylation sites is 2. The van der Waals surface area contributed by atoms with Crippen LogP contribution in [0.25, 0.3) is 0 Å². The minimum Gasteiger partial charge on any atom is -0.338 e. The van der Waals surface area contributed by atoms with Gasteiger partial charge < -0.3 is 9.64 Å². The Morgan fingerprint density at radius 3 is 2.72 bits per heavy atom. The van der Waals surface area contributed by atoms with Crippen LogP contribution in [0.15, 0.2) is 65.5 Å². The molecule has 0 radical (unpaired) electrons. The predicted octanol–water partition coefficient (Wildman–Crippen LogP) is 3.89. The topological polar surface area (TPSA) is 75.6 Å². The summed E-state index contributed by atoms with van der Waals surface area (Å²) in [7, 11) is 0. The lowest BCUT2D eigenvalue weighted by molar-refractivity contribution is -0.152. The monoisotopic (exact) mass is 464 g/mol. The average Bonchev–Trinajstić information content (AvgIpc) is 3.33. The summed E-state index contributed by atoms with van der Waals surface area (Å²) in [5, 5.41) is 8.95. The lowest BCUT2D eigenvalue weighted by Gasteiger charge is -2.43. The number of hydrogen-bond donors (Lipinski definition) is 0. The van der Waals surface area contributed by atoms with E-state index in [1.165, 1.54) is 28.0 Å². The second kappa shape index (κ2) is 8.16. The average molecular weight is 465 g/mol. The minimum atomic E-state index is -1.55. The van der Waals surface area contributed by atoms with Crippen LogP contribution in [-0.4, -0.2) is 34.3 Å². The Morgan fingerprint density at radius 1 is 1.22 bits per heavy atom. The molecule has 1 atom stereocenters. The number of benzene rings is 2. The van der Waals surface area contributed by atoms with Gasteiger partial charge in [-0.05, 0) is 19.1 Å². The van der Waals surface area contributed by atoms with Crippen LogP contribution in [0.5, 0.6) is 0 Å². The standard InChI is InChI=1S/C23H20N4O3S2/c1-3-12-26-19-11-7-5-9-17(19)23(21(26)29)27(18-10-6-4-8-16(18)13-30-23)20(28)14-31-22-25-24-15(2)32-22/h3-11H,1,12-14H2,2H3/t23-/m1/s1. The molecule has 3 heterocycles. The van der Waals surface area contributed by atoms with Crippen molar-refractivity contribution >= 4 is 46.3 Å². The number of aromatic nitrogens is 2. The molecule has 2 aliphatic heterocycles. The number of carbonyl (C=O) groups is 2. The highest BCUT2D eigenvalue weighted by Gasteiger charge is 2.59. The Labute approximate surface area is 193 Å². The SMILES string of the molecule is C=CCN1C(=O)[C@]2(OCc3ccccc3N2C(=O)CSc2nnc(C)s2)c2ccccc21. The van der Waals surface area contributed by atoms with Crippen LogP contribution >= 0.6 is 23.1 Å². The zero-order valence-electron chi connectivity index (χ0n) is 17.4. The van der Waals surface area contributed by atoms with E-state index < -0.39 is 5.72 Å². The van der Waals surface area contributed by atoms with E-state index in [-0.39, 0.29) is 24.2 Å². The Kier molecular flexibility index (Phi) is 5.32. The molecule has 0 aliphatic carbocycles. The van der Waals surface area contributed by atoms with Crippen LogP contribution in [0.3, 0.4) is 0 Å². The first-order valence-electron chi connectivity index (χ1n) is 10.1. The van der Waals surface area contributed by atoms with Crippen molar-refractivity contribution in [1.82, 2.24) is 10.2 Å². The Balaban J connectivity index is 1.61. The molecule has 0 N–H and O–H groups in total. The first kappa shape index (κ1) is 20.9. The smallest absolute Gasteiger partial charge is 0.286 e. The van der Waals surface area contributed by atoms with Gasteiger partial charge in [-0.3, -0.25) is 14.5 Å². The summed E-state index contributed by atoms with van der Waals surface area (Å²) < 4.78 is 7.01. The maximum atomic E-state index is 13.9. The van der Waals surface area contributed by atoms with Crippen molar-refractivity contribution in [3.05, 3.63) is 77.3 Å². The molecular formula is C23H20N4O3S2. The highest BCUT2D eigenvalue weighted by atomic mass is 32.2. The Hall–Kier alpha value is -3.01. The molecule has 1 spiro atoms. The number of carbonyl (C=O) groups excluding carboxylic acids is 2. The van der Waals surface area contributed by atoms with Gasteiger partial charge in [-0.15, -0.1) is 16.8 Å². The molecule has 0 saturated heterocycles. The van der Waals surface area contributed by atoms with E-state index in [2.05, 4.69) is 16.8 Å².